The molecule has 0 radical (unpaired) electrons. The van der Waals surface area contributed by atoms with E-state index in [2.05, 4.69) is 41.0 Å². The molecule has 0 N–H and O–H groups in total. The Morgan fingerprint density at radius 3 is 2.85 bits per heavy atom. The van der Waals surface area contributed by atoms with Crippen LogP contribution in [-0.4, -0.2) is 6.61 Å². The number of thiophene rings is 1. The molecule has 1 aromatic heterocycles. The molecular weight excluding hydrogens is 295 g/mol. The van der Waals surface area contributed by atoms with Crippen LogP contribution in [0.4, 0.5) is 0 Å². The van der Waals surface area contributed by atoms with Crippen LogP contribution in [0.2, 0.25) is 0 Å². The van der Waals surface area contributed by atoms with Crippen LogP contribution in [0.15, 0.2) is 11.4 Å². The maximum atomic E-state index is 5.58. The Balaban J connectivity index is 2.06. The van der Waals surface area contributed by atoms with E-state index in [0.717, 1.165) is 12.4 Å². The van der Waals surface area contributed by atoms with Gasteiger partial charge in [-0.25, -0.2) is 0 Å². The minimum atomic E-state index is 0.868. The summed E-state index contributed by atoms with van der Waals surface area (Å²) in [7, 11) is 0. The molecule has 3 heteroatoms. The fourth-order valence-corrected chi connectivity index (χ4v) is 2.33. The van der Waals surface area contributed by atoms with Gasteiger partial charge in [0.1, 0.15) is 5.75 Å². The van der Waals surface area contributed by atoms with Crippen LogP contribution in [0.1, 0.15) is 32.6 Å². The van der Waals surface area contributed by atoms with Gasteiger partial charge in [0.05, 0.1) is 9.49 Å². The number of unbranched alkanes of at least 4 members (excludes halogenated alkanes) is 3. The molecule has 1 rings (SSSR count). The van der Waals surface area contributed by atoms with Crippen LogP contribution in [0, 0.1) is 2.88 Å². The van der Waals surface area contributed by atoms with Crippen LogP contribution in [-0.2, 0) is 0 Å². The molecule has 0 aliphatic heterocycles. The highest BCUT2D eigenvalue weighted by Gasteiger charge is 1.96. The first-order valence-electron chi connectivity index (χ1n) is 4.69. The topological polar surface area (TPSA) is 9.23 Å². The van der Waals surface area contributed by atoms with Gasteiger partial charge in [-0.05, 0) is 29.0 Å². The SMILES string of the molecule is CCCCCCOc1csc(I)c1. The summed E-state index contributed by atoms with van der Waals surface area (Å²) in [5.41, 5.74) is 0. The normalized spacial score (nSPS) is 10.3. The molecule has 0 atom stereocenters. The minimum Gasteiger partial charge on any atom is -0.493 e. The number of hydrogen-bond donors (Lipinski definition) is 0. The van der Waals surface area contributed by atoms with E-state index in [0.29, 0.717) is 0 Å². The van der Waals surface area contributed by atoms with Crippen molar-refractivity contribution >= 4 is 33.9 Å². The maximum Gasteiger partial charge on any atom is 0.131 e. The van der Waals surface area contributed by atoms with Gasteiger partial charge in [0, 0.05) is 11.4 Å². The highest BCUT2D eigenvalue weighted by Crippen LogP contribution is 2.22. The van der Waals surface area contributed by atoms with Gasteiger partial charge in [-0.3, -0.25) is 0 Å². The van der Waals surface area contributed by atoms with Crippen molar-refractivity contribution < 1.29 is 4.74 Å². The molecule has 0 unspecified atom stereocenters. The van der Waals surface area contributed by atoms with E-state index in [1.165, 1.54) is 28.6 Å². The molecule has 74 valence electrons. The van der Waals surface area contributed by atoms with Gasteiger partial charge in [-0.2, -0.15) is 0 Å². The van der Waals surface area contributed by atoms with Crippen LogP contribution >= 0.6 is 33.9 Å². The lowest BCUT2D eigenvalue weighted by Crippen LogP contribution is -1.95. The summed E-state index contributed by atoms with van der Waals surface area (Å²) < 4.78 is 6.87. The Morgan fingerprint density at radius 2 is 2.23 bits per heavy atom. The van der Waals surface area contributed by atoms with Crippen LogP contribution < -0.4 is 4.74 Å². The molecule has 1 heterocycles. The standard InChI is InChI=1S/C10H15IOS/c1-2-3-4-5-6-12-9-7-10(11)13-8-9/h7-8H,2-6H2,1H3. The zero-order chi connectivity index (χ0) is 9.52. The molecule has 0 bridgehead atoms. The van der Waals surface area contributed by atoms with Crippen molar-refractivity contribution in [1.82, 2.24) is 0 Å². The van der Waals surface area contributed by atoms with Crippen molar-refractivity contribution in [3.8, 4) is 5.75 Å². The van der Waals surface area contributed by atoms with E-state index in [1.807, 2.05) is 0 Å². The zero-order valence-electron chi connectivity index (χ0n) is 7.88. The number of hydrogen-bond acceptors (Lipinski definition) is 2. The molecular formula is C10H15IOS. The molecule has 0 aromatic carbocycles. The van der Waals surface area contributed by atoms with Crippen LogP contribution in [0.5, 0.6) is 5.75 Å². The van der Waals surface area contributed by atoms with Crippen molar-refractivity contribution in [3.63, 3.8) is 0 Å². The van der Waals surface area contributed by atoms with Crippen LogP contribution in [0.25, 0.3) is 0 Å². The van der Waals surface area contributed by atoms with Crippen LogP contribution in [0.3, 0.4) is 0 Å². The smallest absolute Gasteiger partial charge is 0.131 e. The lowest BCUT2D eigenvalue weighted by atomic mass is 10.2. The maximum absolute atomic E-state index is 5.58. The monoisotopic (exact) mass is 310 g/mol. The molecule has 0 aliphatic rings. The van der Waals surface area contributed by atoms with Crippen molar-refractivity contribution in [1.29, 1.82) is 0 Å². The number of ether oxygens (including phenoxy) is 1. The largest absolute Gasteiger partial charge is 0.493 e. The first kappa shape index (κ1) is 11.3. The van der Waals surface area contributed by atoms with Gasteiger partial charge in [0.25, 0.3) is 0 Å². The molecule has 13 heavy (non-hydrogen) atoms. The average Bonchev–Trinajstić information content (AvgIpc) is 2.51. The fraction of sp³-hybridized carbons (Fsp3) is 0.600. The predicted octanol–water partition coefficient (Wildman–Crippen LogP) is 4.31. The number of rotatable bonds is 6. The summed E-state index contributed by atoms with van der Waals surface area (Å²) in [4.78, 5) is 0. The lowest BCUT2D eigenvalue weighted by Gasteiger charge is -2.02. The van der Waals surface area contributed by atoms with E-state index >= 15 is 0 Å². The van der Waals surface area contributed by atoms with Gasteiger partial charge in [-0.1, -0.05) is 26.2 Å². The molecule has 1 nitrogen and oxygen atoms in total. The summed E-state index contributed by atoms with van der Waals surface area (Å²) in [5.74, 6) is 1.03. The first-order chi connectivity index (χ1) is 6.33. The second-order valence-corrected chi connectivity index (χ2v) is 5.80. The quantitative estimate of drug-likeness (QED) is 0.562. The van der Waals surface area contributed by atoms with E-state index in [4.69, 9.17) is 4.74 Å². The third kappa shape index (κ3) is 4.86. The van der Waals surface area contributed by atoms with Gasteiger partial charge >= 0.3 is 0 Å². The van der Waals surface area contributed by atoms with Gasteiger partial charge < -0.3 is 4.74 Å². The van der Waals surface area contributed by atoms with Gasteiger partial charge in [0.15, 0.2) is 0 Å². The van der Waals surface area contributed by atoms with E-state index in [9.17, 15) is 0 Å². The van der Waals surface area contributed by atoms with Crippen molar-refractivity contribution in [2.45, 2.75) is 32.6 Å². The average molecular weight is 310 g/mol. The molecule has 0 amide bonds. The van der Waals surface area contributed by atoms with E-state index in [1.54, 1.807) is 11.3 Å². The van der Waals surface area contributed by atoms with Gasteiger partial charge in [-0.15, -0.1) is 11.3 Å². The number of halogens is 1. The molecule has 0 fully saturated rings. The lowest BCUT2D eigenvalue weighted by molar-refractivity contribution is 0.306. The summed E-state index contributed by atoms with van der Waals surface area (Å²) in [5, 5.41) is 2.07. The fourth-order valence-electron chi connectivity index (χ4n) is 1.09. The minimum absolute atomic E-state index is 0.868. The van der Waals surface area contributed by atoms with E-state index in [-0.39, 0.29) is 0 Å². The Bertz CT molecular complexity index is 235. The molecule has 0 spiro atoms. The highest BCUT2D eigenvalue weighted by molar-refractivity contribution is 14.1. The zero-order valence-corrected chi connectivity index (χ0v) is 10.9. The highest BCUT2D eigenvalue weighted by atomic mass is 127. The van der Waals surface area contributed by atoms with Gasteiger partial charge in [0.2, 0.25) is 0 Å². The van der Waals surface area contributed by atoms with Crippen molar-refractivity contribution in [3.05, 3.63) is 14.3 Å². The molecule has 0 saturated carbocycles. The third-order valence-electron chi connectivity index (χ3n) is 1.81. The summed E-state index contributed by atoms with van der Waals surface area (Å²) in [6.07, 6.45) is 5.08. The molecule has 0 saturated heterocycles. The first-order valence-corrected chi connectivity index (χ1v) is 6.65. The second-order valence-electron chi connectivity index (χ2n) is 3.00. The Morgan fingerprint density at radius 1 is 1.38 bits per heavy atom. The Hall–Kier alpha value is 0.230. The third-order valence-corrected chi connectivity index (χ3v) is 3.58. The van der Waals surface area contributed by atoms with E-state index < -0.39 is 0 Å². The summed E-state index contributed by atoms with van der Waals surface area (Å²) >= 11 is 4.05. The molecule has 1 aromatic rings. The summed E-state index contributed by atoms with van der Waals surface area (Å²) in [6, 6.07) is 2.09. The predicted molar refractivity (Wildman–Crippen MR) is 66.7 cm³/mol. The van der Waals surface area contributed by atoms with Crippen molar-refractivity contribution in [2.75, 3.05) is 6.61 Å². The Labute approximate surface area is 97.6 Å². The molecule has 0 aliphatic carbocycles. The van der Waals surface area contributed by atoms with Crippen molar-refractivity contribution in [2.24, 2.45) is 0 Å². The Kier molecular flexibility index (Phi) is 5.78. The summed E-state index contributed by atoms with van der Waals surface area (Å²) in [6.45, 7) is 3.09. The second kappa shape index (κ2) is 6.65.